The summed E-state index contributed by atoms with van der Waals surface area (Å²) >= 11 is 6.20. The molecule has 0 amide bonds. The predicted octanol–water partition coefficient (Wildman–Crippen LogP) is 5.65. The lowest BCUT2D eigenvalue weighted by molar-refractivity contribution is 0.413. The fourth-order valence-corrected chi connectivity index (χ4v) is 3.11. The van der Waals surface area contributed by atoms with Gasteiger partial charge in [0.05, 0.1) is 12.8 Å². The Bertz CT molecular complexity index is 778. The monoisotopic (exact) mass is 385 g/mol. The second-order valence-electron chi connectivity index (χ2n) is 6.24. The van der Waals surface area contributed by atoms with E-state index < -0.39 is 0 Å². The summed E-state index contributed by atoms with van der Waals surface area (Å²) in [5.74, 6) is 1.68. The molecule has 1 aromatic rings. The van der Waals surface area contributed by atoms with Gasteiger partial charge in [-0.25, -0.2) is 0 Å². The van der Waals surface area contributed by atoms with Crippen LogP contribution in [0.25, 0.3) is 0 Å². The van der Waals surface area contributed by atoms with Crippen LogP contribution in [-0.2, 0) is 0 Å². The molecule has 0 radical (unpaired) electrons. The molecule has 0 aliphatic carbocycles. The fourth-order valence-electron chi connectivity index (χ4n) is 2.93. The van der Waals surface area contributed by atoms with E-state index in [4.69, 9.17) is 16.3 Å². The number of halogens is 1. The summed E-state index contributed by atoms with van der Waals surface area (Å²) in [6, 6.07) is 5.56. The quantitative estimate of drug-likeness (QED) is 0.542. The number of methoxy groups -OCH3 is 1. The Kier molecular flexibility index (Phi) is 8.34. The van der Waals surface area contributed by atoms with Crippen LogP contribution in [0, 0.1) is 0 Å². The van der Waals surface area contributed by atoms with Crippen LogP contribution < -0.4 is 4.74 Å². The van der Waals surface area contributed by atoms with Gasteiger partial charge >= 0.3 is 0 Å². The molecule has 144 valence electrons. The summed E-state index contributed by atoms with van der Waals surface area (Å²) in [6.45, 7) is 9.95. The largest absolute Gasteiger partial charge is 0.496 e. The van der Waals surface area contributed by atoms with Gasteiger partial charge in [-0.3, -0.25) is 0 Å². The number of unbranched alkanes of at least 4 members (excludes halogenated alkanes) is 1. The molecule has 0 saturated heterocycles. The maximum atomic E-state index is 6.20. The molecule has 0 saturated carbocycles. The molecule has 0 bridgehead atoms. The molecule has 1 aromatic carbocycles. The van der Waals surface area contributed by atoms with Crippen LogP contribution in [0.1, 0.15) is 38.7 Å². The van der Waals surface area contributed by atoms with Gasteiger partial charge in [-0.05, 0) is 31.5 Å². The fraction of sp³-hybridized carbons (Fsp3) is 0.364. The van der Waals surface area contributed by atoms with Crippen molar-refractivity contribution in [3.8, 4) is 5.75 Å². The van der Waals surface area contributed by atoms with Crippen molar-refractivity contribution in [3.05, 3.63) is 65.2 Å². The number of hydrogen-bond acceptors (Lipinski definition) is 4. The maximum absolute atomic E-state index is 6.20. The van der Waals surface area contributed by atoms with E-state index in [1.54, 1.807) is 13.2 Å². The molecule has 4 nitrogen and oxygen atoms in total. The van der Waals surface area contributed by atoms with Crippen molar-refractivity contribution in [1.29, 1.82) is 0 Å². The molecule has 5 heteroatoms. The molecule has 0 N–H and O–H groups in total. The third-order valence-corrected chi connectivity index (χ3v) is 4.63. The van der Waals surface area contributed by atoms with Crippen molar-refractivity contribution in [3.63, 3.8) is 0 Å². The van der Waals surface area contributed by atoms with Crippen molar-refractivity contribution in [2.75, 3.05) is 20.2 Å². The van der Waals surface area contributed by atoms with Gasteiger partial charge < -0.3 is 9.64 Å². The zero-order chi connectivity index (χ0) is 19.6. The van der Waals surface area contributed by atoms with Crippen LogP contribution in [0.4, 0.5) is 0 Å². The maximum Gasteiger partial charge on any atom is 0.154 e. The summed E-state index contributed by atoms with van der Waals surface area (Å²) < 4.78 is 5.49. The van der Waals surface area contributed by atoms with Gasteiger partial charge in [0, 0.05) is 35.7 Å². The van der Waals surface area contributed by atoms with Crippen molar-refractivity contribution in [1.82, 2.24) is 4.90 Å². The van der Waals surface area contributed by atoms with Gasteiger partial charge in [-0.1, -0.05) is 55.8 Å². The Morgan fingerprint density at radius 2 is 2.07 bits per heavy atom. The highest BCUT2D eigenvalue weighted by atomic mass is 35.5. The topological polar surface area (TPSA) is 37.2 Å². The second kappa shape index (κ2) is 10.7. The van der Waals surface area contributed by atoms with Gasteiger partial charge in [-0.2, -0.15) is 5.10 Å². The lowest BCUT2D eigenvalue weighted by atomic mass is 9.98. The highest BCUT2D eigenvalue weighted by molar-refractivity contribution is 6.31. The average molecular weight is 386 g/mol. The van der Waals surface area contributed by atoms with Gasteiger partial charge in [-0.15, -0.1) is 5.10 Å². The molecule has 0 aromatic heterocycles. The first-order chi connectivity index (χ1) is 13.1. The van der Waals surface area contributed by atoms with Gasteiger partial charge in [0.1, 0.15) is 5.75 Å². The molecule has 1 aliphatic rings. The highest BCUT2D eigenvalue weighted by Crippen LogP contribution is 2.28. The summed E-state index contributed by atoms with van der Waals surface area (Å²) in [7, 11) is 1.65. The van der Waals surface area contributed by atoms with Crippen LogP contribution in [0.5, 0.6) is 5.75 Å². The zero-order valence-electron chi connectivity index (χ0n) is 16.4. The number of ether oxygens (including phenoxy) is 1. The van der Waals surface area contributed by atoms with E-state index in [1.807, 2.05) is 30.4 Å². The van der Waals surface area contributed by atoms with Crippen molar-refractivity contribution in [2.24, 2.45) is 10.2 Å². The van der Waals surface area contributed by atoms with E-state index in [1.165, 1.54) is 0 Å². The van der Waals surface area contributed by atoms with Crippen LogP contribution in [0.15, 0.2) is 64.9 Å². The zero-order valence-corrected chi connectivity index (χ0v) is 17.2. The molecule has 1 aliphatic heterocycles. The van der Waals surface area contributed by atoms with E-state index in [9.17, 15) is 0 Å². The highest BCUT2D eigenvalue weighted by Gasteiger charge is 2.22. The first kappa shape index (κ1) is 21.0. The average Bonchev–Trinajstić information content (AvgIpc) is 2.69. The number of rotatable bonds is 8. The van der Waals surface area contributed by atoms with Crippen LogP contribution in [0.2, 0.25) is 5.02 Å². The first-order valence-corrected chi connectivity index (χ1v) is 9.74. The van der Waals surface area contributed by atoms with Crippen molar-refractivity contribution < 1.29 is 4.74 Å². The van der Waals surface area contributed by atoms with Gasteiger partial charge in [0.15, 0.2) is 5.84 Å². The number of hydrogen-bond donors (Lipinski definition) is 0. The van der Waals surface area contributed by atoms with Gasteiger partial charge in [0.25, 0.3) is 0 Å². The summed E-state index contributed by atoms with van der Waals surface area (Å²) in [6.07, 6.45) is 10.7. The SMILES string of the molecule is C=C/C=C\C=C1/CC(c2cc(Cl)ccc2OC)=NN=C1N(CC)CCCC. The third kappa shape index (κ3) is 5.57. The van der Waals surface area contributed by atoms with E-state index in [0.29, 0.717) is 11.4 Å². The Labute approximate surface area is 167 Å². The van der Waals surface area contributed by atoms with E-state index in [0.717, 1.165) is 54.4 Å². The second-order valence-corrected chi connectivity index (χ2v) is 6.67. The van der Waals surface area contributed by atoms with Gasteiger partial charge in [0.2, 0.25) is 0 Å². The van der Waals surface area contributed by atoms with E-state index >= 15 is 0 Å². The van der Waals surface area contributed by atoms with Crippen molar-refractivity contribution in [2.45, 2.75) is 33.1 Å². The Hall–Kier alpha value is -2.33. The molecule has 0 fully saturated rings. The number of amidine groups is 1. The predicted molar refractivity (Wildman–Crippen MR) is 116 cm³/mol. The minimum Gasteiger partial charge on any atom is -0.496 e. The molecule has 1 heterocycles. The molecular formula is C22H28ClN3O. The summed E-state index contributed by atoms with van der Waals surface area (Å²) in [4.78, 5) is 2.28. The normalized spacial score (nSPS) is 15.6. The Balaban J connectivity index is 2.45. The van der Waals surface area contributed by atoms with E-state index in [2.05, 4.69) is 41.6 Å². The standard InChI is InChI=1S/C22H28ClN3O/c1-5-8-10-11-17-15-20(19-16-18(23)12-13-21(19)27-4)24-25-22(17)26(7-3)14-9-6-2/h5,8,10-13,16H,1,6-7,9,14-15H2,2-4H3/b10-8-,17-11+. The molecule has 27 heavy (non-hydrogen) atoms. The van der Waals surface area contributed by atoms with Crippen LogP contribution in [0.3, 0.4) is 0 Å². The minimum atomic E-state index is 0.651. The molecule has 0 unspecified atom stereocenters. The smallest absolute Gasteiger partial charge is 0.154 e. The number of allylic oxidation sites excluding steroid dienone is 4. The third-order valence-electron chi connectivity index (χ3n) is 4.39. The minimum absolute atomic E-state index is 0.651. The Morgan fingerprint density at radius 3 is 2.74 bits per heavy atom. The van der Waals surface area contributed by atoms with Crippen molar-refractivity contribution >= 4 is 23.1 Å². The lowest BCUT2D eigenvalue weighted by Crippen LogP contribution is -2.35. The molecule has 0 atom stereocenters. The van der Waals surface area contributed by atoms with Crippen LogP contribution >= 0.6 is 11.6 Å². The Morgan fingerprint density at radius 1 is 1.26 bits per heavy atom. The molecule has 0 spiro atoms. The molecule has 2 rings (SSSR count). The number of benzene rings is 1. The number of likely N-dealkylation sites (N-methyl/N-ethyl adjacent to an activating group) is 1. The van der Waals surface area contributed by atoms with E-state index in [-0.39, 0.29) is 0 Å². The van der Waals surface area contributed by atoms with Crippen LogP contribution in [-0.4, -0.2) is 36.6 Å². The lowest BCUT2D eigenvalue weighted by Gasteiger charge is -2.28. The first-order valence-electron chi connectivity index (χ1n) is 9.36. The molecular weight excluding hydrogens is 358 g/mol. The number of nitrogens with zero attached hydrogens (tertiary/aromatic N) is 3. The summed E-state index contributed by atoms with van der Waals surface area (Å²) in [5.41, 5.74) is 2.85. The summed E-state index contributed by atoms with van der Waals surface area (Å²) in [5, 5.41) is 9.76.